The molecule has 0 radical (unpaired) electrons. The second-order valence-corrected chi connectivity index (χ2v) is 6.42. The van der Waals surface area contributed by atoms with Crippen molar-refractivity contribution in [3.63, 3.8) is 0 Å². The summed E-state index contributed by atoms with van der Waals surface area (Å²) < 4.78 is 0. The van der Waals surface area contributed by atoms with Gasteiger partial charge in [-0.2, -0.15) is 0 Å². The number of nitrogens with zero attached hydrogens (tertiary/aromatic N) is 2. The van der Waals surface area contributed by atoms with Crippen LogP contribution < -0.4 is 10.6 Å². The van der Waals surface area contributed by atoms with Crippen LogP contribution in [-0.4, -0.2) is 19.9 Å². The maximum atomic E-state index is 6.31. The zero-order valence-electron chi connectivity index (χ0n) is 13.5. The lowest BCUT2D eigenvalue weighted by molar-refractivity contribution is 0.437. The van der Waals surface area contributed by atoms with E-state index in [0.717, 1.165) is 11.5 Å². The Morgan fingerprint density at radius 3 is 2.36 bits per heavy atom. The Hall–Kier alpha value is -2.03. The van der Waals surface area contributed by atoms with Crippen molar-refractivity contribution in [3.8, 4) is 0 Å². The number of hydrogen-bond acceptors (Lipinski definition) is 2. The number of anilines is 1. The Morgan fingerprint density at radius 2 is 1.68 bits per heavy atom. The van der Waals surface area contributed by atoms with Gasteiger partial charge in [-0.05, 0) is 25.0 Å². The fourth-order valence-corrected chi connectivity index (χ4v) is 3.38. The predicted octanol–water partition coefficient (Wildman–Crippen LogP) is 4.47. The van der Waals surface area contributed by atoms with Crippen molar-refractivity contribution in [1.29, 1.82) is 0 Å². The van der Waals surface area contributed by atoms with Crippen LogP contribution in [0.4, 0.5) is 11.4 Å². The summed E-state index contributed by atoms with van der Waals surface area (Å²) in [5.74, 6) is 1.27. The molecule has 0 amide bonds. The van der Waals surface area contributed by atoms with E-state index in [9.17, 15) is 0 Å². The summed E-state index contributed by atoms with van der Waals surface area (Å²) in [6.45, 7) is 0. The largest absolute Gasteiger partial charge is 0.387 e. The molecular formula is C19H25N3. The van der Waals surface area contributed by atoms with Gasteiger partial charge in [-0.3, -0.25) is 0 Å². The molecule has 2 aromatic carbocycles. The molecule has 1 fully saturated rings. The van der Waals surface area contributed by atoms with Gasteiger partial charge in [0, 0.05) is 36.5 Å². The Bertz CT molecular complexity index is 682. The van der Waals surface area contributed by atoms with Gasteiger partial charge in [0.25, 0.3) is 0 Å². The van der Waals surface area contributed by atoms with Crippen LogP contribution in [0.1, 0.15) is 32.1 Å². The second kappa shape index (κ2) is 6.39. The topological polar surface area (TPSA) is 41.6 Å². The molecule has 0 heterocycles. The van der Waals surface area contributed by atoms with E-state index >= 15 is 0 Å². The molecule has 0 aliphatic heterocycles. The number of rotatable bonds is 3. The number of hydrogen-bond donors (Lipinski definition) is 1. The van der Waals surface area contributed by atoms with E-state index in [2.05, 4.69) is 55.4 Å². The quantitative estimate of drug-likeness (QED) is 0.670. The van der Waals surface area contributed by atoms with Gasteiger partial charge >= 0.3 is 0 Å². The van der Waals surface area contributed by atoms with Gasteiger partial charge in [-0.15, -0.1) is 0 Å². The van der Waals surface area contributed by atoms with Crippen molar-refractivity contribution in [3.05, 3.63) is 36.4 Å². The normalized spacial score (nSPS) is 16.9. The summed E-state index contributed by atoms with van der Waals surface area (Å²) in [7, 11) is 4.14. The average Bonchev–Trinajstić information content (AvgIpc) is 2.55. The molecule has 0 aromatic heterocycles. The van der Waals surface area contributed by atoms with Crippen LogP contribution in [0, 0.1) is 5.92 Å². The highest BCUT2D eigenvalue weighted by molar-refractivity contribution is 6.02. The van der Waals surface area contributed by atoms with Gasteiger partial charge < -0.3 is 10.6 Å². The van der Waals surface area contributed by atoms with Crippen LogP contribution in [0.5, 0.6) is 0 Å². The van der Waals surface area contributed by atoms with Crippen molar-refractivity contribution in [1.82, 2.24) is 0 Å². The Balaban J connectivity index is 2.02. The molecule has 2 N–H and O–H groups in total. The molecule has 22 heavy (non-hydrogen) atoms. The summed E-state index contributed by atoms with van der Waals surface area (Å²) in [6.07, 6.45) is 6.26. The van der Waals surface area contributed by atoms with Gasteiger partial charge in [0.2, 0.25) is 0 Å². The fraction of sp³-hybridized carbons (Fsp3) is 0.421. The molecule has 0 unspecified atom stereocenters. The molecule has 116 valence electrons. The van der Waals surface area contributed by atoms with E-state index in [-0.39, 0.29) is 0 Å². The van der Waals surface area contributed by atoms with Gasteiger partial charge in [0.05, 0.1) is 5.69 Å². The Kier molecular flexibility index (Phi) is 4.32. The molecule has 1 aliphatic rings. The molecule has 1 saturated carbocycles. The van der Waals surface area contributed by atoms with E-state index in [0.29, 0.717) is 5.92 Å². The first-order chi connectivity index (χ1) is 10.7. The van der Waals surface area contributed by atoms with Gasteiger partial charge in [0.15, 0.2) is 0 Å². The number of fused-ring (bicyclic) bond motifs is 1. The van der Waals surface area contributed by atoms with E-state index < -0.39 is 0 Å². The first-order valence-electron chi connectivity index (χ1n) is 8.20. The first kappa shape index (κ1) is 14.9. The minimum Gasteiger partial charge on any atom is -0.387 e. The maximum absolute atomic E-state index is 6.31. The number of aliphatic imine (C=N–C) groups is 1. The standard InChI is InChI=1S/C19H25N3/c1-22(2)18-13-12-17(15-10-6-7-11-16(15)18)21-19(20)14-8-4-3-5-9-14/h6-7,10-14H,3-5,8-9H2,1-2H3,(H2,20,21). The minimum absolute atomic E-state index is 0.459. The van der Waals surface area contributed by atoms with E-state index in [1.54, 1.807) is 0 Å². The number of nitrogens with two attached hydrogens (primary N) is 1. The van der Waals surface area contributed by atoms with Crippen LogP contribution in [0.3, 0.4) is 0 Å². The highest BCUT2D eigenvalue weighted by atomic mass is 15.1. The third kappa shape index (κ3) is 2.94. The molecule has 2 aromatic rings. The lowest BCUT2D eigenvalue weighted by Gasteiger charge is -2.21. The third-order valence-corrected chi connectivity index (χ3v) is 4.63. The number of benzene rings is 2. The number of amidine groups is 1. The molecule has 0 atom stereocenters. The zero-order chi connectivity index (χ0) is 15.5. The predicted molar refractivity (Wildman–Crippen MR) is 96.1 cm³/mol. The van der Waals surface area contributed by atoms with Crippen molar-refractivity contribution in [2.75, 3.05) is 19.0 Å². The average molecular weight is 295 g/mol. The highest BCUT2D eigenvalue weighted by Crippen LogP contribution is 2.34. The van der Waals surface area contributed by atoms with E-state index in [4.69, 9.17) is 10.7 Å². The summed E-state index contributed by atoms with van der Waals surface area (Å²) in [5, 5.41) is 2.40. The summed E-state index contributed by atoms with van der Waals surface area (Å²) in [6, 6.07) is 12.7. The van der Waals surface area contributed by atoms with Gasteiger partial charge in [-0.25, -0.2) is 4.99 Å². The molecule has 0 bridgehead atoms. The van der Waals surface area contributed by atoms with Crippen LogP contribution in [0.2, 0.25) is 0 Å². The summed E-state index contributed by atoms with van der Waals surface area (Å²) >= 11 is 0. The SMILES string of the molecule is CN(C)c1ccc(N=C(N)C2CCCCC2)c2ccccc12. The van der Waals surface area contributed by atoms with Crippen molar-refractivity contribution in [2.45, 2.75) is 32.1 Å². The van der Waals surface area contributed by atoms with E-state index in [1.165, 1.54) is 48.6 Å². The molecule has 0 spiro atoms. The first-order valence-corrected chi connectivity index (χ1v) is 8.20. The summed E-state index contributed by atoms with van der Waals surface area (Å²) in [4.78, 5) is 6.93. The van der Waals surface area contributed by atoms with Crippen molar-refractivity contribution in [2.24, 2.45) is 16.6 Å². The molecular weight excluding hydrogens is 270 g/mol. The lowest BCUT2D eigenvalue weighted by Crippen LogP contribution is -2.25. The highest BCUT2D eigenvalue weighted by Gasteiger charge is 2.17. The monoisotopic (exact) mass is 295 g/mol. The molecule has 3 nitrogen and oxygen atoms in total. The van der Waals surface area contributed by atoms with Gasteiger partial charge in [-0.1, -0.05) is 43.5 Å². The maximum Gasteiger partial charge on any atom is 0.103 e. The van der Waals surface area contributed by atoms with Crippen molar-refractivity contribution >= 4 is 28.0 Å². The Labute approximate surface area is 132 Å². The van der Waals surface area contributed by atoms with Crippen LogP contribution >= 0.6 is 0 Å². The van der Waals surface area contributed by atoms with Gasteiger partial charge in [0.1, 0.15) is 5.84 Å². The minimum atomic E-state index is 0.459. The van der Waals surface area contributed by atoms with Crippen LogP contribution in [-0.2, 0) is 0 Å². The lowest BCUT2D eigenvalue weighted by atomic mass is 9.88. The fourth-order valence-electron chi connectivity index (χ4n) is 3.38. The molecule has 3 rings (SSSR count). The van der Waals surface area contributed by atoms with Crippen LogP contribution in [0.15, 0.2) is 41.4 Å². The molecule has 1 aliphatic carbocycles. The third-order valence-electron chi connectivity index (χ3n) is 4.63. The van der Waals surface area contributed by atoms with Crippen LogP contribution in [0.25, 0.3) is 10.8 Å². The smallest absolute Gasteiger partial charge is 0.103 e. The zero-order valence-corrected chi connectivity index (χ0v) is 13.5. The molecule has 0 saturated heterocycles. The molecule has 3 heteroatoms. The van der Waals surface area contributed by atoms with Crippen molar-refractivity contribution < 1.29 is 0 Å². The second-order valence-electron chi connectivity index (χ2n) is 6.42. The Morgan fingerprint density at radius 1 is 1.00 bits per heavy atom. The van der Waals surface area contributed by atoms with E-state index in [1.807, 2.05) is 0 Å². The summed E-state index contributed by atoms with van der Waals surface area (Å²) in [5.41, 5.74) is 8.51.